The van der Waals surface area contributed by atoms with Gasteiger partial charge < -0.3 is 34.8 Å². The Balaban J connectivity index is 2.30. The number of hydrogen-bond donors (Lipinski definition) is 4. The third-order valence-corrected chi connectivity index (χ3v) is 3.79. The highest BCUT2D eigenvalue weighted by atomic mass is 16.7. The van der Waals surface area contributed by atoms with Crippen LogP contribution in [0.15, 0.2) is 24.3 Å². The number of para-hydroxylation sites is 1. The monoisotopic (exact) mass is 355 g/mol. The van der Waals surface area contributed by atoms with Gasteiger partial charge in [0.1, 0.15) is 35.7 Å². The molecule has 5 atom stereocenters. The topological polar surface area (TPSA) is 135 Å². The molecule has 138 valence electrons. The smallest absolute Gasteiger partial charge is 0.341 e. The first-order chi connectivity index (χ1) is 11.9. The van der Waals surface area contributed by atoms with E-state index in [4.69, 9.17) is 9.47 Å². The fourth-order valence-electron chi connectivity index (χ4n) is 2.54. The van der Waals surface area contributed by atoms with Crippen LogP contribution in [0.4, 0.5) is 0 Å². The average molecular weight is 355 g/mol. The van der Waals surface area contributed by atoms with Crippen LogP contribution in [-0.4, -0.2) is 71.6 Å². The highest BCUT2D eigenvalue weighted by Crippen LogP contribution is 2.27. The SMILES string of the molecule is COC(=O)c1ccccc1O[C@@H]1O[C@H](CO)[C@H](O)[C@H](O)[C@H]1NC(C)=O. The van der Waals surface area contributed by atoms with Crippen LogP contribution in [0.5, 0.6) is 5.75 Å². The second-order valence-electron chi connectivity index (χ2n) is 5.54. The van der Waals surface area contributed by atoms with E-state index in [0.717, 1.165) is 0 Å². The van der Waals surface area contributed by atoms with E-state index in [1.54, 1.807) is 12.1 Å². The summed E-state index contributed by atoms with van der Waals surface area (Å²) in [6.07, 6.45) is -5.22. The number of benzene rings is 1. The van der Waals surface area contributed by atoms with E-state index in [0.29, 0.717) is 0 Å². The summed E-state index contributed by atoms with van der Waals surface area (Å²) in [7, 11) is 1.22. The lowest BCUT2D eigenvalue weighted by atomic mass is 9.97. The molecule has 4 N–H and O–H groups in total. The minimum atomic E-state index is -1.44. The van der Waals surface area contributed by atoms with E-state index in [2.05, 4.69) is 10.1 Å². The molecule has 0 aromatic heterocycles. The number of methoxy groups -OCH3 is 1. The summed E-state index contributed by atoms with van der Waals surface area (Å²) in [5, 5.41) is 31.9. The molecule has 1 aromatic carbocycles. The summed E-state index contributed by atoms with van der Waals surface area (Å²) in [6, 6.07) is 5.09. The molecule has 1 saturated heterocycles. The zero-order chi connectivity index (χ0) is 18.6. The zero-order valence-corrected chi connectivity index (χ0v) is 13.8. The number of rotatable bonds is 5. The summed E-state index contributed by atoms with van der Waals surface area (Å²) in [6.45, 7) is 0.667. The molecule has 1 amide bonds. The van der Waals surface area contributed by atoms with Crippen molar-refractivity contribution in [3.8, 4) is 5.75 Å². The van der Waals surface area contributed by atoms with Crippen molar-refractivity contribution < 1.29 is 39.1 Å². The summed E-state index contributed by atoms with van der Waals surface area (Å²) >= 11 is 0. The standard InChI is InChI=1S/C16H21NO8/c1-8(19)17-12-14(21)13(20)11(7-18)25-16(12)24-10-6-4-3-5-9(10)15(22)23-2/h3-6,11-14,16,18,20-21H,7H2,1-2H3,(H,17,19)/t11-,12-,13+,14-,16-/m1/s1. The molecule has 1 heterocycles. The molecule has 0 saturated carbocycles. The number of aliphatic hydroxyl groups excluding tert-OH is 3. The van der Waals surface area contributed by atoms with Crippen LogP contribution >= 0.6 is 0 Å². The highest BCUT2D eigenvalue weighted by Gasteiger charge is 2.46. The van der Waals surface area contributed by atoms with Gasteiger partial charge >= 0.3 is 5.97 Å². The number of amides is 1. The van der Waals surface area contributed by atoms with Crippen LogP contribution in [-0.2, 0) is 14.3 Å². The Morgan fingerprint density at radius 3 is 2.52 bits per heavy atom. The third kappa shape index (κ3) is 4.26. The summed E-state index contributed by atoms with van der Waals surface area (Å²) in [5.74, 6) is -1.01. The first-order valence-corrected chi connectivity index (χ1v) is 7.62. The second kappa shape index (κ2) is 8.26. The first kappa shape index (κ1) is 19.1. The molecule has 0 spiro atoms. The van der Waals surface area contributed by atoms with Crippen LogP contribution in [0.3, 0.4) is 0 Å². The zero-order valence-electron chi connectivity index (χ0n) is 13.8. The van der Waals surface area contributed by atoms with Gasteiger partial charge in [-0.2, -0.15) is 0 Å². The molecule has 9 nitrogen and oxygen atoms in total. The van der Waals surface area contributed by atoms with Crippen molar-refractivity contribution in [2.24, 2.45) is 0 Å². The van der Waals surface area contributed by atoms with Crippen molar-refractivity contribution in [1.29, 1.82) is 0 Å². The number of hydrogen-bond acceptors (Lipinski definition) is 8. The molecule has 1 aromatic rings. The van der Waals surface area contributed by atoms with Crippen molar-refractivity contribution in [1.82, 2.24) is 5.32 Å². The lowest BCUT2D eigenvalue weighted by Crippen LogP contribution is -2.65. The first-order valence-electron chi connectivity index (χ1n) is 7.62. The maximum absolute atomic E-state index is 11.8. The number of aliphatic hydroxyl groups is 3. The molecule has 0 unspecified atom stereocenters. The molecule has 0 bridgehead atoms. The van der Waals surface area contributed by atoms with Gasteiger partial charge in [0.2, 0.25) is 12.2 Å². The fraction of sp³-hybridized carbons (Fsp3) is 0.500. The molecule has 0 aliphatic carbocycles. The van der Waals surface area contributed by atoms with Crippen LogP contribution in [0.2, 0.25) is 0 Å². The van der Waals surface area contributed by atoms with Crippen molar-refractivity contribution in [2.75, 3.05) is 13.7 Å². The fourth-order valence-corrected chi connectivity index (χ4v) is 2.54. The lowest BCUT2D eigenvalue weighted by molar-refractivity contribution is -0.244. The summed E-state index contributed by atoms with van der Waals surface area (Å²) in [5.41, 5.74) is 0.122. The van der Waals surface area contributed by atoms with Crippen molar-refractivity contribution >= 4 is 11.9 Å². The van der Waals surface area contributed by atoms with Gasteiger partial charge in [-0.1, -0.05) is 12.1 Å². The average Bonchev–Trinajstić information content (AvgIpc) is 2.60. The van der Waals surface area contributed by atoms with Crippen LogP contribution < -0.4 is 10.1 Å². The second-order valence-corrected chi connectivity index (χ2v) is 5.54. The van der Waals surface area contributed by atoms with E-state index in [1.807, 2.05) is 0 Å². The molecule has 1 fully saturated rings. The molecule has 9 heteroatoms. The van der Waals surface area contributed by atoms with E-state index in [9.17, 15) is 24.9 Å². The molecule has 2 rings (SSSR count). The largest absolute Gasteiger partial charge is 0.465 e. The molecular formula is C16H21NO8. The number of carbonyl (C=O) groups is 2. The van der Waals surface area contributed by atoms with Crippen LogP contribution in [0.1, 0.15) is 17.3 Å². The molecule has 25 heavy (non-hydrogen) atoms. The number of carbonyl (C=O) groups excluding carboxylic acids is 2. The van der Waals surface area contributed by atoms with Gasteiger partial charge in [-0.3, -0.25) is 4.79 Å². The Bertz CT molecular complexity index is 622. The number of esters is 1. The summed E-state index contributed by atoms with van der Waals surface area (Å²) in [4.78, 5) is 23.2. The number of nitrogens with one attached hydrogen (secondary N) is 1. The van der Waals surface area contributed by atoms with Crippen molar-refractivity contribution in [3.63, 3.8) is 0 Å². The third-order valence-electron chi connectivity index (χ3n) is 3.79. The van der Waals surface area contributed by atoms with Gasteiger partial charge in [0.25, 0.3) is 0 Å². The maximum atomic E-state index is 11.8. The van der Waals surface area contributed by atoms with E-state index in [1.165, 1.54) is 26.2 Å². The predicted molar refractivity (Wildman–Crippen MR) is 83.8 cm³/mol. The minimum Gasteiger partial charge on any atom is -0.465 e. The quantitative estimate of drug-likeness (QED) is 0.484. The number of ether oxygens (including phenoxy) is 3. The Morgan fingerprint density at radius 2 is 1.92 bits per heavy atom. The Kier molecular flexibility index (Phi) is 6.32. The van der Waals surface area contributed by atoms with Gasteiger partial charge in [-0.15, -0.1) is 0 Å². The maximum Gasteiger partial charge on any atom is 0.341 e. The molecule has 1 aliphatic heterocycles. The van der Waals surface area contributed by atoms with E-state index in [-0.39, 0.29) is 11.3 Å². The molecule has 0 radical (unpaired) electrons. The van der Waals surface area contributed by atoms with Gasteiger partial charge in [0.05, 0.1) is 13.7 Å². The van der Waals surface area contributed by atoms with Gasteiger partial charge in [-0.25, -0.2) is 4.79 Å². The van der Waals surface area contributed by atoms with Gasteiger partial charge in [0.15, 0.2) is 0 Å². The van der Waals surface area contributed by atoms with Crippen molar-refractivity contribution in [2.45, 2.75) is 37.6 Å². The lowest BCUT2D eigenvalue weighted by Gasteiger charge is -2.42. The Hall–Kier alpha value is -2.20. The Morgan fingerprint density at radius 1 is 1.24 bits per heavy atom. The molecule has 1 aliphatic rings. The van der Waals surface area contributed by atoms with Gasteiger partial charge in [0, 0.05) is 6.92 Å². The van der Waals surface area contributed by atoms with Crippen LogP contribution in [0, 0.1) is 0 Å². The summed E-state index contributed by atoms with van der Waals surface area (Å²) < 4.78 is 15.8. The minimum absolute atomic E-state index is 0.106. The van der Waals surface area contributed by atoms with Crippen LogP contribution in [0.25, 0.3) is 0 Å². The molecular weight excluding hydrogens is 334 g/mol. The van der Waals surface area contributed by atoms with Gasteiger partial charge in [-0.05, 0) is 12.1 Å². The normalized spacial score (nSPS) is 28.9. The van der Waals surface area contributed by atoms with E-state index >= 15 is 0 Å². The van der Waals surface area contributed by atoms with E-state index < -0.39 is 49.1 Å². The Labute approximate surface area is 144 Å². The van der Waals surface area contributed by atoms with Crippen molar-refractivity contribution in [3.05, 3.63) is 29.8 Å². The highest BCUT2D eigenvalue weighted by molar-refractivity contribution is 5.92. The predicted octanol–water partition coefficient (Wildman–Crippen LogP) is -1.20.